The van der Waals surface area contributed by atoms with Crippen molar-refractivity contribution in [3.63, 3.8) is 0 Å². The van der Waals surface area contributed by atoms with Crippen molar-refractivity contribution in [3.8, 4) is 5.75 Å². The normalized spacial score (nSPS) is 10.6. The predicted molar refractivity (Wildman–Crippen MR) is 141 cm³/mol. The van der Waals surface area contributed by atoms with Crippen molar-refractivity contribution >= 4 is 68.9 Å². The van der Waals surface area contributed by atoms with E-state index in [1.54, 1.807) is 24.3 Å². The average Bonchev–Trinajstić information content (AvgIpc) is 2.90. The molecule has 0 aliphatic carbocycles. The van der Waals surface area contributed by atoms with Gasteiger partial charge in [-0.15, -0.1) is 0 Å². The van der Waals surface area contributed by atoms with Crippen LogP contribution in [0.15, 0.2) is 60.7 Å². The maximum atomic E-state index is 13.2. The number of ether oxygens (including phenoxy) is 1. The molecule has 13 heteroatoms. The second-order valence-electron chi connectivity index (χ2n) is 7.79. The highest BCUT2D eigenvalue weighted by atomic mass is 35.5. The van der Waals surface area contributed by atoms with E-state index in [1.165, 1.54) is 37.4 Å². The summed E-state index contributed by atoms with van der Waals surface area (Å²) in [7, 11) is 1.43. The first kappa shape index (κ1) is 26.5. The Morgan fingerprint density at radius 2 is 1.71 bits per heavy atom. The molecule has 0 aliphatic heterocycles. The van der Waals surface area contributed by atoms with Gasteiger partial charge in [0.15, 0.2) is 5.69 Å². The van der Waals surface area contributed by atoms with Gasteiger partial charge in [0.25, 0.3) is 17.5 Å². The first-order chi connectivity index (χ1) is 18.2. The van der Waals surface area contributed by atoms with Crippen LogP contribution in [0.2, 0.25) is 10.0 Å². The highest BCUT2D eigenvalue weighted by Crippen LogP contribution is 2.26. The summed E-state index contributed by atoms with van der Waals surface area (Å²) in [5.41, 5.74) is 0.158. The molecule has 0 saturated heterocycles. The number of carbonyl (C=O) groups excluding carboxylic acids is 3. The Hall–Kier alpha value is -4.61. The highest BCUT2D eigenvalue weighted by Gasteiger charge is 2.24. The molecule has 1 aromatic heterocycles. The summed E-state index contributed by atoms with van der Waals surface area (Å²) in [5, 5.41) is 16.7. The van der Waals surface area contributed by atoms with Crippen LogP contribution in [0.25, 0.3) is 11.0 Å². The van der Waals surface area contributed by atoms with Crippen LogP contribution < -0.4 is 15.4 Å². The number of hydrogen-bond donors (Lipinski definition) is 2. The quantitative estimate of drug-likeness (QED) is 0.178. The number of nitro benzene ring substituents is 1. The number of Topliss-reactive ketones (excluding diaryl/α,β-unsaturated/α-hetero) is 1. The number of hydrogen-bond acceptors (Lipinski definition) is 8. The molecule has 0 radical (unpaired) electrons. The number of benzene rings is 3. The van der Waals surface area contributed by atoms with Crippen LogP contribution >= 0.6 is 23.2 Å². The summed E-state index contributed by atoms with van der Waals surface area (Å²) < 4.78 is 5.25. The lowest BCUT2D eigenvalue weighted by atomic mass is 10.1. The minimum Gasteiger partial charge on any atom is -0.495 e. The van der Waals surface area contributed by atoms with Gasteiger partial charge in [0, 0.05) is 17.8 Å². The number of nitrogens with one attached hydrogen (secondary N) is 2. The van der Waals surface area contributed by atoms with Crippen LogP contribution in [0.3, 0.4) is 0 Å². The summed E-state index contributed by atoms with van der Waals surface area (Å²) in [6.07, 6.45) is -0.618. The molecule has 192 valence electrons. The molecule has 38 heavy (non-hydrogen) atoms. The molecule has 2 N–H and O–H groups in total. The lowest BCUT2D eigenvalue weighted by molar-refractivity contribution is -0.384. The number of aromatic nitrogens is 2. The van der Waals surface area contributed by atoms with Crippen LogP contribution in [0, 0.1) is 10.1 Å². The van der Waals surface area contributed by atoms with Gasteiger partial charge in [-0.1, -0.05) is 35.3 Å². The topological polar surface area (TPSA) is 153 Å². The number of amides is 2. The molecule has 0 aliphatic rings. The number of non-ortho nitro benzene ring substituents is 1. The zero-order valence-corrected chi connectivity index (χ0v) is 21.0. The Bertz CT molecular complexity index is 1610. The molecule has 11 nitrogen and oxygen atoms in total. The summed E-state index contributed by atoms with van der Waals surface area (Å²) in [5.74, 6) is -2.29. The van der Waals surface area contributed by atoms with E-state index in [1.807, 2.05) is 0 Å². The minimum absolute atomic E-state index is 0.0701. The van der Waals surface area contributed by atoms with Gasteiger partial charge in [0.1, 0.15) is 5.75 Å². The molecule has 0 fully saturated rings. The van der Waals surface area contributed by atoms with Crippen molar-refractivity contribution in [2.75, 3.05) is 17.7 Å². The SMILES string of the molecule is COc1ccccc1NC(=O)c1nc2ccc([N+](=O)[O-])cc2nc1CC(=O)C(=O)Nc1ccc(Cl)c(Cl)c1. The lowest BCUT2D eigenvalue weighted by Crippen LogP contribution is -2.27. The third-order valence-electron chi connectivity index (χ3n) is 5.26. The fourth-order valence-electron chi connectivity index (χ4n) is 3.43. The molecule has 3 aromatic carbocycles. The average molecular weight is 554 g/mol. The van der Waals surface area contributed by atoms with Gasteiger partial charge in [0.2, 0.25) is 5.78 Å². The van der Waals surface area contributed by atoms with Crippen molar-refractivity contribution in [3.05, 3.63) is 92.2 Å². The van der Waals surface area contributed by atoms with E-state index in [0.29, 0.717) is 11.4 Å². The van der Waals surface area contributed by atoms with Gasteiger partial charge in [-0.3, -0.25) is 24.5 Å². The van der Waals surface area contributed by atoms with Crippen molar-refractivity contribution in [2.45, 2.75) is 6.42 Å². The number of fused-ring (bicyclic) bond motifs is 1. The Kier molecular flexibility index (Phi) is 7.79. The number of nitrogens with zero attached hydrogens (tertiary/aromatic N) is 3. The first-order valence-corrected chi connectivity index (χ1v) is 11.6. The third-order valence-corrected chi connectivity index (χ3v) is 6.00. The van der Waals surface area contributed by atoms with Gasteiger partial charge >= 0.3 is 0 Å². The third kappa shape index (κ3) is 5.85. The summed E-state index contributed by atoms with van der Waals surface area (Å²) in [6.45, 7) is 0. The molecular weight excluding hydrogens is 537 g/mol. The highest BCUT2D eigenvalue weighted by molar-refractivity contribution is 6.43. The smallest absolute Gasteiger partial charge is 0.292 e. The molecule has 0 saturated carbocycles. The molecular formula is C25H17Cl2N5O6. The largest absolute Gasteiger partial charge is 0.495 e. The molecule has 0 unspecified atom stereocenters. The monoisotopic (exact) mass is 553 g/mol. The number of para-hydroxylation sites is 2. The second kappa shape index (κ2) is 11.2. The van der Waals surface area contributed by atoms with E-state index in [-0.39, 0.29) is 43.8 Å². The van der Waals surface area contributed by atoms with Gasteiger partial charge in [-0.05, 0) is 36.4 Å². The molecule has 4 rings (SSSR count). The van der Waals surface area contributed by atoms with Gasteiger partial charge in [-0.2, -0.15) is 0 Å². The van der Waals surface area contributed by atoms with Crippen molar-refractivity contribution < 1.29 is 24.0 Å². The molecule has 2 amide bonds. The van der Waals surface area contributed by atoms with Crippen LogP contribution in [0.1, 0.15) is 16.2 Å². The Morgan fingerprint density at radius 3 is 2.42 bits per heavy atom. The van der Waals surface area contributed by atoms with Crippen LogP contribution in [-0.4, -0.2) is 39.6 Å². The predicted octanol–water partition coefficient (Wildman–Crippen LogP) is 4.86. The van der Waals surface area contributed by atoms with E-state index < -0.39 is 28.9 Å². The van der Waals surface area contributed by atoms with Gasteiger partial charge in [0.05, 0.1) is 50.9 Å². The molecule has 0 spiro atoms. The van der Waals surface area contributed by atoms with Crippen molar-refractivity contribution in [1.29, 1.82) is 0 Å². The fraction of sp³-hybridized carbons (Fsp3) is 0.0800. The lowest BCUT2D eigenvalue weighted by Gasteiger charge is -2.12. The van der Waals surface area contributed by atoms with Crippen LogP contribution in [0.5, 0.6) is 5.75 Å². The maximum Gasteiger partial charge on any atom is 0.292 e. The van der Waals surface area contributed by atoms with Crippen molar-refractivity contribution in [1.82, 2.24) is 9.97 Å². The zero-order chi connectivity index (χ0) is 27.4. The second-order valence-corrected chi connectivity index (χ2v) is 8.60. The standard InChI is InChI=1S/C25H17Cl2N5O6/c1-38-22-5-3-2-4-18(22)31-25(35)23-20(29-19-11-14(32(36)37)7-9-17(19)30-23)12-21(33)24(34)28-13-6-8-15(26)16(27)10-13/h2-11H,12H2,1H3,(H,28,34)(H,31,35). The minimum atomic E-state index is -1.000. The van der Waals surface area contributed by atoms with E-state index in [0.717, 1.165) is 6.07 Å². The number of nitro groups is 1. The number of halogens is 2. The van der Waals surface area contributed by atoms with E-state index in [2.05, 4.69) is 20.6 Å². The van der Waals surface area contributed by atoms with Crippen LogP contribution in [-0.2, 0) is 16.0 Å². The number of rotatable bonds is 8. The van der Waals surface area contributed by atoms with Gasteiger partial charge in [-0.25, -0.2) is 9.97 Å². The number of methoxy groups -OCH3 is 1. The zero-order valence-electron chi connectivity index (χ0n) is 19.5. The summed E-state index contributed by atoms with van der Waals surface area (Å²) >= 11 is 11.8. The van der Waals surface area contributed by atoms with Crippen LogP contribution in [0.4, 0.5) is 17.1 Å². The Labute approximate surface area is 224 Å². The molecule has 1 heterocycles. The maximum absolute atomic E-state index is 13.2. The molecule has 0 atom stereocenters. The molecule has 0 bridgehead atoms. The molecule has 4 aromatic rings. The summed E-state index contributed by atoms with van der Waals surface area (Å²) in [6, 6.07) is 14.6. The number of carbonyl (C=O) groups is 3. The van der Waals surface area contributed by atoms with E-state index >= 15 is 0 Å². The summed E-state index contributed by atoms with van der Waals surface area (Å²) in [4.78, 5) is 57.8. The first-order valence-electron chi connectivity index (χ1n) is 10.8. The fourth-order valence-corrected chi connectivity index (χ4v) is 3.73. The van der Waals surface area contributed by atoms with E-state index in [9.17, 15) is 24.5 Å². The number of ketones is 1. The van der Waals surface area contributed by atoms with Gasteiger partial charge < -0.3 is 15.4 Å². The number of anilines is 2. The Balaban J connectivity index is 1.68. The van der Waals surface area contributed by atoms with E-state index in [4.69, 9.17) is 27.9 Å². The Morgan fingerprint density at radius 1 is 0.947 bits per heavy atom. The van der Waals surface area contributed by atoms with Crippen molar-refractivity contribution in [2.24, 2.45) is 0 Å².